The van der Waals surface area contributed by atoms with Gasteiger partial charge in [-0.3, -0.25) is 9.79 Å². The zero-order valence-electron chi connectivity index (χ0n) is 15.8. The van der Waals surface area contributed by atoms with Crippen LogP contribution in [0.15, 0.2) is 51.6 Å². The maximum atomic E-state index is 12.3. The molecule has 1 aliphatic carbocycles. The largest absolute Gasteiger partial charge is 0.372 e. The Balaban J connectivity index is 2.28. The first kappa shape index (κ1) is 20.2. The number of benzene rings is 1. The van der Waals surface area contributed by atoms with Crippen LogP contribution in [0.25, 0.3) is 0 Å². The molecule has 2 rings (SSSR count). The Morgan fingerprint density at radius 1 is 1.15 bits per heavy atom. The van der Waals surface area contributed by atoms with E-state index in [1.165, 1.54) is 12.8 Å². The zero-order chi connectivity index (χ0) is 19.1. The van der Waals surface area contributed by atoms with Crippen LogP contribution in [-0.2, 0) is 9.53 Å². The first-order valence-corrected chi connectivity index (χ1v) is 9.24. The predicted molar refractivity (Wildman–Crippen MR) is 109 cm³/mol. The van der Waals surface area contributed by atoms with Crippen molar-refractivity contribution in [3.8, 4) is 0 Å². The minimum Gasteiger partial charge on any atom is -0.372 e. The van der Waals surface area contributed by atoms with E-state index in [4.69, 9.17) is 16.3 Å². The highest BCUT2D eigenvalue weighted by Gasteiger charge is 2.25. The van der Waals surface area contributed by atoms with Gasteiger partial charge in [0.25, 0.3) is 0 Å². The van der Waals surface area contributed by atoms with Crippen LogP contribution in [0.4, 0.5) is 11.4 Å². The Hall–Kier alpha value is -2.11. The van der Waals surface area contributed by atoms with E-state index in [2.05, 4.69) is 41.2 Å². The number of nitrogens with zero attached hydrogens (tertiary/aromatic N) is 2. The quantitative estimate of drug-likeness (QED) is 0.686. The Morgan fingerprint density at radius 2 is 1.81 bits per heavy atom. The van der Waals surface area contributed by atoms with E-state index in [1.54, 1.807) is 6.08 Å². The third-order valence-electron chi connectivity index (χ3n) is 4.30. The second kappa shape index (κ2) is 9.55. The van der Waals surface area contributed by atoms with Crippen LogP contribution in [0.1, 0.15) is 27.2 Å². The first-order chi connectivity index (χ1) is 12.5. The van der Waals surface area contributed by atoms with Gasteiger partial charge in [-0.2, -0.15) is 0 Å². The summed E-state index contributed by atoms with van der Waals surface area (Å²) in [6.07, 6.45) is 2.39. The monoisotopic (exact) mass is 375 g/mol. The topological polar surface area (TPSA) is 53.9 Å². The lowest BCUT2D eigenvalue weighted by Gasteiger charge is -2.22. The Kier molecular flexibility index (Phi) is 7.42. The van der Waals surface area contributed by atoms with E-state index in [-0.39, 0.29) is 17.5 Å². The van der Waals surface area contributed by atoms with Gasteiger partial charge in [-0.1, -0.05) is 18.5 Å². The van der Waals surface area contributed by atoms with Gasteiger partial charge in [0.2, 0.25) is 5.78 Å². The molecular formula is C20H26ClN3O2. The van der Waals surface area contributed by atoms with Gasteiger partial charge in [0, 0.05) is 37.3 Å². The molecule has 0 spiro atoms. The Bertz CT molecular complexity index is 732. The molecule has 0 unspecified atom stereocenters. The zero-order valence-corrected chi connectivity index (χ0v) is 16.6. The summed E-state index contributed by atoms with van der Waals surface area (Å²) in [6, 6.07) is 8.22. The number of methoxy groups -OCH3 is 1. The normalized spacial score (nSPS) is 16.1. The number of carbonyl (C=O) groups excluding carboxylic acids is 1. The van der Waals surface area contributed by atoms with Crippen LogP contribution in [-0.4, -0.2) is 38.4 Å². The summed E-state index contributed by atoms with van der Waals surface area (Å²) in [6.45, 7) is 8.31. The van der Waals surface area contributed by atoms with Crippen LogP contribution < -0.4 is 10.2 Å². The summed E-state index contributed by atoms with van der Waals surface area (Å²) in [7, 11) is 1.53. The van der Waals surface area contributed by atoms with Gasteiger partial charge in [0.05, 0.1) is 5.03 Å². The van der Waals surface area contributed by atoms with Crippen molar-refractivity contribution in [1.82, 2.24) is 0 Å². The number of ketones is 1. The molecule has 0 radical (unpaired) electrons. The molecule has 1 aromatic rings. The van der Waals surface area contributed by atoms with Gasteiger partial charge >= 0.3 is 0 Å². The Labute approximate surface area is 160 Å². The number of aliphatic imine (C=N–C) groups is 1. The van der Waals surface area contributed by atoms with E-state index in [0.717, 1.165) is 30.0 Å². The van der Waals surface area contributed by atoms with E-state index in [1.807, 2.05) is 19.1 Å². The minimum absolute atomic E-state index is 0.120. The van der Waals surface area contributed by atoms with Crippen LogP contribution in [0, 0.1) is 0 Å². The summed E-state index contributed by atoms with van der Waals surface area (Å²) in [5.41, 5.74) is 4.00. The molecule has 5 nitrogen and oxygen atoms in total. The molecule has 0 saturated heterocycles. The van der Waals surface area contributed by atoms with E-state index in [0.29, 0.717) is 12.1 Å². The minimum atomic E-state index is -0.261. The maximum Gasteiger partial charge on any atom is 0.222 e. The average molecular weight is 376 g/mol. The van der Waals surface area contributed by atoms with Crippen molar-refractivity contribution in [2.24, 2.45) is 4.99 Å². The third kappa shape index (κ3) is 4.54. The highest BCUT2D eigenvalue weighted by molar-refractivity contribution is 6.62. The van der Waals surface area contributed by atoms with Crippen molar-refractivity contribution >= 4 is 34.5 Å². The number of rotatable bonds is 8. The smallest absolute Gasteiger partial charge is 0.222 e. The molecule has 0 aromatic heterocycles. The fraction of sp³-hybridized carbons (Fsp3) is 0.400. The van der Waals surface area contributed by atoms with Gasteiger partial charge in [-0.05, 0) is 56.2 Å². The molecule has 0 amide bonds. The van der Waals surface area contributed by atoms with Crippen LogP contribution in [0.3, 0.4) is 0 Å². The van der Waals surface area contributed by atoms with Gasteiger partial charge in [-0.25, -0.2) is 0 Å². The fourth-order valence-corrected chi connectivity index (χ4v) is 3.20. The van der Waals surface area contributed by atoms with Crippen molar-refractivity contribution in [1.29, 1.82) is 0 Å². The van der Waals surface area contributed by atoms with Crippen LogP contribution in [0.2, 0.25) is 0 Å². The lowest BCUT2D eigenvalue weighted by Crippen LogP contribution is -2.23. The predicted octanol–water partition coefficient (Wildman–Crippen LogP) is 4.36. The average Bonchev–Trinajstić information content (AvgIpc) is 2.66. The van der Waals surface area contributed by atoms with Crippen molar-refractivity contribution in [2.45, 2.75) is 27.2 Å². The molecule has 0 fully saturated rings. The third-order valence-corrected chi connectivity index (χ3v) is 4.70. The van der Waals surface area contributed by atoms with Crippen molar-refractivity contribution in [2.75, 3.05) is 37.1 Å². The number of nitrogens with one attached hydrogen (secondary N) is 1. The van der Waals surface area contributed by atoms with E-state index in [9.17, 15) is 4.79 Å². The maximum absolute atomic E-state index is 12.3. The molecular weight excluding hydrogens is 350 g/mol. The molecule has 26 heavy (non-hydrogen) atoms. The Morgan fingerprint density at radius 3 is 2.35 bits per heavy atom. The number of hydrogen-bond donors (Lipinski definition) is 1. The molecule has 6 heteroatoms. The van der Waals surface area contributed by atoms with Crippen molar-refractivity contribution in [3.05, 3.63) is 46.6 Å². The second-order valence-electron chi connectivity index (χ2n) is 5.84. The molecule has 0 heterocycles. The molecule has 1 aromatic carbocycles. The summed E-state index contributed by atoms with van der Waals surface area (Å²) >= 11 is 6.29. The number of ether oxygens (including phenoxy) is 1. The molecule has 0 atom stereocenters. The molecule has 0 bridgehead atoms. The summed E-state index contributed by atoms with van der Waals surface area (Å²) in [5, 5.41) is 3.58. The van der Waals surface area contributed by atoms with Crippen LogP contribution in [0.5, 0.6) is 0 Å². The van der Waals surface area contributed by atoms with Crippen molar-refractivity contribution in [3.63, 3.8) is 0 Å². The van der Waals surface area contributed by atoms with Crippen molar-refractivity contribution < 1.29 is 9.53 Å². The first-order valence-electron chi connectivity index (χ1n) is 8.86. The SMILES string of the molecule is CCC1=C(Cl)C(=O)/C(=N/COC)C=C1Nc1ccc(N(CC)CC)cc1. The summed E-state index contributed by atoms with van der Waals surface area (Å²) in [5.74, 6) is -0.261. The van der Waals surface area contributed by atoms with E-state index < -0.39 is 0 Å². The second-order valence-corrected chi connectivity index (χ2v) is 6.22. The number of halogens is 1. The van der Waals surface area contributed by atoms with E-state index >= 15 is 0 Å². The number of hydrogen-bond acceptors (Lipinski definition) is 5. The highest BCUT2D eigenvalue weighted by Crippen LogP contribution is 2.29. The van der Waals surface area contributed by atoms with Gasteiger partial charge in [-0.15, -0.1) is 0 Å². The molecule has 140 valence electrons. The lowest BCUT2D eigenvalue weighted by molar-refractivity contribution is -0.109. The molecule has 0 aliphatic heterocycles. The lowest BCUT2D eigenvalue weighted by atomic mass is 9.98. The standard InChI is InChI=1S/C20H26ClN3O2/c1-5-16-17(12-18(22-13-26-4)20(25)19(16)21)23-14-8-10-15(11-9-14)24(6-2)7-3/h8-12,23H,5-7,13H2,1-4H3/b22-18+. The highest BCUT2D eigenvalue weighted by atomic mass is 35.5. The fourth-order valence-electron chi connectivity index (χ4n) is 2.87. The van der Waals surface area contributed by atoms with Crippen LogP contribution >= 0.6 is 11.6 Å². The number of Topliss-reactive ketones (excluding diaryl/α,β-unsaturated/α-hetero) is 1. The summed E-state index contributed by atoms with van der Waals surface area (Å²) < 4.78 is 4.94. The molecule has 0 saturated carbocycles. The summed E-state index contributed by atoms with van der Waals surface area (Å²) in [4.78, 5) is 18.8. The number of carbonyl (C=O) groups is 1. The molecule has 1 aliphatic rings. The van der Waals surface area contributed by atoms with Gasteiger partial charge in [0.1, 0.15) is 12.4 Å². The number of anilines is 2. The molecule has 1 N–H and O–H groups in total. The van der Waals surface area contributed by atoms with Gasteiger partial charge in [0.15, 0.2) is 0 Å². The van der Waals surface area contributed by atoms with Gasteiger partial charge < -0.3 is 15.0 Å². The number of allylic oxidation sites excluding steroid dienone is 3.